The zero-order valence-corrected chi connectivity index (χ0v) is 30.3. The molecule has 0 atom stereocenters. The van der Waals surface area contributed by atoms with Crippen molar-refractivity contribution in [2.24, 2.45) is 0 Å². The normalized spacial score (nSPS) is 12.0. The van der Waals surface area contributed by atoms with Crippen molar-refractivity contribution >= 4 is 45.9 Å². The molecule has 3 aromatic heterocycles. The van der Waals surface area contributed by atoms with E-state index < -0.39 is 0 Å². The Bertz CT molecular complexity index is 2640. The fourth-order valence-electron chi connectivity index (χ4n) is 7.39. The molecule has 0 N–H and O–H groups in total. The molecule has 2 aliphatic rings. The number of nitrogens with zero attached hydrogens (tertiary/aromatic N) is 4. The summed E-state index contributed by atoms with van der Waals surface area (Å²) in [7, 11) is 0. The number of fused-ring (bicyclic) bond motifs is 8. The van der Waals surface area contributed by atoms with Crippen LogP contribution in [0.2, 0.25) is 0 Å². The van der Waals surface area contributed by atoms with Gasteiger partial charge in [-0.25, -0.2) is 9.97 Å². The minimum Gasteiger partial charge on any atom is -0.657 e. The van der Waals surface area contributed by atoms with E-state index in [2.05, 4.69) is 159 Å². The second kappa shape index (κ2) is 14.9. The Kier molecular flexibility index (Phi) is 9.59. The summed E-state index contributed by atoms with van der Waals surface area (Å²) in [6, 6.07) is 50.6. The van der Waals surface area contributed by atoms with Gasteiger partial charge in [0.15, 0.2) is 0 Å². The van der Waals surface area contributed by atoms with Crippen molar-refractivity contribution in [2.75, 3.05) is 0 Å². The third kappa shape index (κ3) is 6.50. The van der Waals surface area contributed by atoms with Crippen molar-refractivity contribution in [3.63, 3.8) is 0 Å². The molecule has 0 radical (unpaired) electrons. The maximum absolute atomic E-state index is 5.56. The molecule has 0 fully saturated rings. The van der Waals surface area contributed by atoms with E-state index in [0.717, 1.165) is 109 Å². The summed E-state index contributed by atoms with van der Waals surface area (Å²) < 4.78 is 0. The summed E-state index contributed by atoms with van der Waals surface area (Å²) in [6.45, 7) is 2.24. The van der Waals surface area contributed by atoms with Crippen LogP contribution >= 0.6 is 0 Å². The Morgan fingerprint density at radius 1 is 0.434 bits per heavy atom. The van der Waals surface area contributed by atoms with Gasteiger partial charge in [-0.05, 0) is 81.2 Å². The standard InChI is InChI=1S/C48H36N4.Ni/c1-2-3-16-36-31-43-46(34-21-12-6-13-22-34)41-28-27-39(50-41)44(32-17-8-4-9-18-32)37-25-26-38(49-37)45(33-19-10-5-11-20-33)40-29-30-42(51-40)47(48(36)52-43)35-23-14-7-15-24-35;/h4-15,17-31H,2-3,16H2,1H3;/q-2;+2. The van der Waals surface area contributed by atoms with E-state index in [1.807, 2.05) is 12.1 Å². The van der Waals surface area contributed by atoms with Crippen LogP contribution < -0.4 is 9.97 Å². The quantitative estimate of drug-likeness (QED) is 0.153. The molecule has 0 saturated carbocycles. The van der Waals surface area contributed by atoms with Gasteiger partial charge in [0.05, 0.1) is 22.8 Å². The number of unbranched alkanes of at least 4 members (excludes halogenated alkanes) is 1. The third-order valence-corrected chi connectivity index (χ3v) is 9.85. The number of rotatable bonds is 7. The van der Waals surface area contributed by atoms with E-state index in [-0.39, 0.29) is 16.5 Å². The van der Waals surface area contributed by atoms with Gasteiger partial charge in [-0.15, -0.1) is 22.1 Å². The fraction of sp³-hybridized carbons (Fsp3) is 0.0833. The Labute approximate surface area is 320 Å². The fourth-order valence-corrected chi connectivity index (χ4v) is 7.39. The van der Waals surface area contributed by atoms with E-state index in [1.54, 1.807) is 0 Å². The van der Waals surface area contributed by atoms with Crippen molar-refractivity contribution in [3.8, 4) is 44.5 Å². The zero-order valence-electron chi connectivity index (χ0n) is 29.3. The minimum absolute atomic E-state index is 0. The molecule has 9 rings (SSSR count). The molecule has 0 saturated heterocycles. The van der Waals surface area contributed by atoms with E-state index in [0.29, 0.717) is 0 Å². The number of aromatic nitrogens is 4. The van der Waals surface area contributed by atoms with Gasteiger partial charge in [0.25, 0.3) is 0 Å². The predicted octanol–water partition coefficient (Wildman–Crippen LogP) is 12.1. The van der Waals surface area contributed by atoms with Crippen molar-refractivity contribution in [1.82, 2.24) is 19.9 Å². The van der Waals surface area contributed by atoms with Crippen LogP contribution in [-0.2, 0) is 16.5 Å². The van der Waals surface area contributed by atoms with E-state index in [1.165, 1.54) is 5.57 Å². The second-order valence-corrected chi connectivity index (χ2v) is 13.2. The van der Waals surface area contributed by atoms with Gasteiger partial charge < -0.3 is 9.97 Å². The van der Waals surface area contributed by atoms with Crippen LogP contribution in [0, 0.1) is 0 Å². The third-order valence-electron chi connectivity index (χ3n) is 9.85. The van der Waals surface area contributed by atoms with E-state index in [9.17, 15) is 0 Å². The summed E-state index contributed by atoms with van der Waals surface area (Å²) in [5.74, 6) is 0. The molecule has 7 aromatic rings. The van der Waals surface area contributed by atoms with Crippen LogP contribution in [0.25, 0.3) is 90.4 Å². The zero-order chi connectivity index (χ0) is 34.9. The molecule has 53 heavy (non-hydrogen) atoms. The first-order valence-corrected chi connectivity index (χ1v) is 18.1. The summed E-state index contributed by atoms with van der Waals surface area (Å²) in [4.78, 5) is 21.7. The molecular weight excluding hydrogens is 691 g/mol. The maximum Gasteiger partial charge on any atom is 2.00 e. The maximum atomic E-state index is 5.56. The van der Waals surface area contributed by atoms with Gasteiger partial charge in [0, 0.05) is 0 Å². The number of benzene rings is 4. The molecule has 0 spiro atoms. The molecule has 0 aliphatic carbocycles. The molecule has 2 aliphatic heterocycles. The van der Waals surface area contributed by atoms with Crippen LogP contribution in [0.4, 0.5) is 0 Å². The number of hydrogen-bond donors (Lipinski definition) is 0. The van der Waals surface area contributed by atoms with Gasteiger partial charge in [-0.2, -0.15) is 0 Å². The van der Waals surface area contributed by atoms with Gasteiger partial charge in [0.2, 0.25) is 0 Å². The molecule has 258 valence electrons. The largest absolute Gasteiger partial charge is 2.00 e. The monoisotopic (exact) mass is 726 g/mol. The molecule has 0 amide bonds. The first kappa shape index (κ1) is 34.1. The van der Waals surface area contributed by atoms with Crippen molar-refractivity contribution < 1.29 is 16.5 Å². The Balaban J connectivity index is 0.00000400. The Morgan fingerprint density at radius 2 is 0.811 bits per heavy atom. The van der Waals surface area contributed by atoms with Gasteiger partial charge in [-0.3, -0.25) is 0 Å². The summed E-state index contributed by atoms with van der Waals surface area (Å²) in [5.41, 5.74) is 16.7. The second-order valence-electron chi connectivity index (χ2n) is 13.2. The van der Waals surface area contributed by atoms with Crippen molar-refractivity contribution in [1.29, 1.82) is 0 Å². The van der Waals surface area contributed by atoms with Crippen LogP contribution in [0.3, 0.4) is 0 Å². The smallest absolute Gasteiger partial charge is 0.657 e. The average molecular weight is 728 g/mol. The first-order chi connectivity index (χ1) is 25.7. The number of hydrogen-bond acceptors (Lipinski definition) is 2. The van der Waals surface area contributed by atoms with Crippen LogP contribution in [0.5, 0.6) is 0 Å². The van der Waals surface area contributed by atoms with Crippen LogP contribution in [-0.4, -0.2) is 9.97 Å². The molecule has 4 nitrogen and oxygen atoms in total. The van der Waals surface area contributed by atoms with Crippen LogP contribution in [0.1, 0.15) is 49.0 Å². The summed E-state index contributed by atoms with van der Waals surface area (Å²) in [6.07, 6.45) is 9.59. The molecule has 5 heterocycles. The molecule has 0 unspecified atom stereocenters. The van der Waals surface area contributed by atoms with E-state index in [4.69, 9.17) is 19.9 Å². The molecule has 8 bridgehead atoms. The Hall–Kier alpha value is -6.03. The molecular formula is C48H36N4Ni. The molecule has 4 aromatic carbocycles. The van der Waals surface area contributed by atoms with Crippen LogP contribution in [0.15, 0.2) is 146 Å². The molecule has 5 heteroatoms. The first-order valence-electron chi connectivity index (χ1n) is 18.1. The minimum atomic E-state index is 0. The topological polar surface area (TPSA) is 54.0 Å². The van der Waals surface area contributed by atoms with E-state index >= 15 is 0 Å². The summed E-state index contributed by atoms with van der Waals surface area (Å²) >= 11 is 0. The predicted molar refractivity (Wildman–Crippen MR) is 217 cm³/mol. The number of allylic oxidation sites excluding steroid dienone is 1. The van der Waals surface area contributed by atoms with Crippen molar-refractivity contribution in [3.05, 3.63) is 168 Å². The van der Waals surface area contributed by atoms with Gasteiger partial charge in [-0.1, -0.05) is 159 Å². The Morgan fingerprint density at radius 3 is 1.23 bits per heavy atom. The van der Waals surface area contributed by atoms with Crippen molar-refractivity contribution in [2.45, 2.75) is 26.2 Å². The van der Waals surface area contributed by atoms with Gasteiger partial charge in [0.1, 0.15) is 0 Å². The van der Waals surface area contributed by atoms with Gasteiger partial charge >= 0.3 is 16.5 Å². The SMILES string of the molecule is CCCCC1=Cc2nc1c(-c1ccccc1)c1ccc([n-]1)c(-c1ccccc1)c1nc(c(-c3ccccc3)c3ccc([n-]3)c2-c2ccccc2)C=C1.[Ni+2]. The average Bonchev–Trinajstić information content (AvgIpc) is 4.03. The summed E-state index contributed by atoms with van der Waals surface area (Å²) in [5, 5.41) is 0.